The Kier molecular flexibility index (Phi) is 7.47. The van der Waals surface area contributed by atoms with Crippen molar-refractivity contribution < 1.29 is 9.53 Å². The number of hydrogen-bond donors (Lipinski definition) is 1. The Bertz CT molecular complexity index is 1160. The molecule has 5 rings (SSSR count). The molecule has 1 aliphatic heterocycles. The van der Waals surface area contributed by atoms with E-state index in [4.69, 9.17) is 9.84 Å². The van der Waals surface area contributed by atoms with Gasteiger partial charge in [-0.15, -0.1) is 5.10 Å². The van der Waals surface area contributed by atoms with E-state index >= 15 is 0 Å². The zero-order chi connectivity index (χ0) is 24.0. The summed E-state index contributed by atoms with van der Waals surface area (Å²) in [5, 5.41) is 14.4. The summed E-state index contributed by atoms with van der Waals surface area (Å²) in [6.45, 7) is 0. The highest BCUT2D eigenvalue weighted by Gasteiger charge is 2.33. The summed E-state index contributed by atoms with van der Waals surface area (Å²) in [6.07, 6.45) is 8.12. The predicted octanol–water partition coefficient (Wildman–Crippen LogP) is 5.41. The maximum Gasteiger partial charge on any atom is 0.253 e. The minimum atomic E-state index is -0.154. The number of hydrazone groups is 1. The van der Waals surface area contributed by atoms with Crippen LogP contribution >= 0.6 is 11.8 Å². The van der Waals surface area contributed by atoms with E-state index in [0.29, 0.717) is 11.6 Å². The first-order chi connectivity index (χ1) is 17.2. The zero-order valence-electron chi connectivity index (χ0n) is 20.0. The Labute approximate surface area is 210 Å². The highest BCUT2D eigenvalue weighted by Crippen LogP contribution is 2.34. The van der Waals surface area contributed by atoms with Gasteiger partial charge >= 0.3 is 0 Å². The summed E-state index contributed by atoms with van der Waals surface area (Å²) in [6, 6.07) is 17.8. The van der Waals surface area contributed by atoms with Crippen LogP contribution in [0.2, 0.25) is 0 Å². The average molecular weight is 490 g/mol. The molecule has 1 aliphatic carbocycles. The van der Waals surface area contributed by atoms with Gasteiger partial charge in [0, 0.05) is 12.8 Å². The number of H-pyrrole nitrogens is 1. The molecule has 2 aliphatic rings. The first-order valence-electron chi connectivity index (χ1n) is 12.3. The Morgan fingerprint density at radius 3 is 2.63 bits per heavy atom. The number of ether oxygens (including phenoxy) is 1. The van der Waals surface area contributed by atoms with Gasteiger partial charge in [0.2, 0.25) is 5.16 Å². The van der Waals surface area contributed by atoms with Gasteiger partial charge in [0.1, 0.15) is 11.6 Å². The summed E-state index contributed by atoms with van der Waals surface area (Å²) in [5.74, 6) is 2.70. The lowest BCUT2D eigenvalue weighted by molar-refractivity contribution is -0.130. The van der Waals surface area contributed by atoms with Crippen LogP contribution in [-0.2, 0) is 11.2 Å². The largest absolute Gasteiger partial charge is 0.497 e. The predicted molar refractivity (Wildman–Crippen MR) is 138 cm³/mol. The summed E-state index contributed by atoms with van der Waals surface area (Å²) in [7, 11) is 1.65. The van der Waals surface area contributed by atoms with E-state index in [1.807, 2.05) is 54.6 Å². The van der Waals surface area contributed by atoms with Crippen LogP contribution < -0.4 is 4.74 Å². The van der Waals surface area contributed by atoms with E-state index in [9.17, 15) is 4.79 Å². The number of nitrogens with zero attached hydrogens (tertiary/aromatic N) is 4. The molecular formula is C27H31N5O2S. The fourth-order valence-corrected chi connectivity index (χ4v) is 5.59. The molecule has 3 aromatic rings. The molecule has 0 spiro atoms. The van der Waals surface area contributed by atoms with E-state index < -0.39 is 0 Å². The molecule has 1 atom stereocenters. The molecule has 1 fully saturated rings. The van der Waals surface area contributed by atoms with Crippen LogP contribution in [0.1, 0.15) is 61.5 Å². The quantitative estimate of drug-likeness (QED) is 0.407. The molecule has 1 aromatic heterocycles. The number of carbonyl (C=O) groups excluding carboxylic acids is 1. The monoisotopic (exact) mass is 489 g/mol. The maximum absolute atomic E-state index is 13.3. The third-order valence-electron chi connectivity index (χ3n) is 6.87. The van der Waals surface area contributed by atoms with Gasteiger partial charge in [-0.3, -0.25) is 9.89 Å². The molecule has 1 unspecified atom stereocenters. The van der Waals surface area contributed by atoms with Gasteiger partial charge < -0.3 is 4.74 Å². The maximum atomic E-state index is 13.3. The van der Waals surface area contributed by atoms with E-state index in [-0.39, 0.29) is 17.7 Å². The number of amides is 1. The van der Waals surface area contributed by atoms with Crippen molar-refractivity contribution >= 4 is 23.4 Å². The molecule has 1 amide bonds. The number of benzene rings is 2. The molecule has 2 aromatic carbocycles. The van der Waals surface area contributed by atoms with Crippen molar-refractivity contribution in [2.45, 2.75) is 56.1 Å². The lowest BCUT2D eigenvalue weighted by Crippen LogP contribution is -2.28. The summed E-state index contributed by atoms with van der Waals surface area (Å²) in [5.41, 5.74) is 2.98. The van der Waals surface area contributed by atoms with Crippen molar-refractivity contribution in [1.82, 2.24) is 20.2 Å². The molecule has 0 bridgehead atoms. The van der Waals surface area contributed by atoms with Crippen molar-refractivity contribution in [1.29, 1.82) is 0 Å². The highest BCUT2D eigenvalue weighted by molar-refractivity contribution is 7.99. The molecule has 0 radical (unpaired) electrons. The van der Waals surface area contributed by atoms with Crippen LogP contribution in [0.15, 0.2) is 64.9 Å². The highest BCUT2D eigenvalue weighted by atomic mass is 32.2. The van der Waals surface area contributed by atoms with Crippen molar-refractivity contribution in [3.63, 3.8) is 0 Å². The van der Waals surface area contributed by atoms with Crippen molar-refractivity contribution in [2.75, 3.05) is 12.9 Å². The van der Waals surface area contributed by atoms with Gasteiger partial charge in [0.05, 0.1) is 24.6 Å². The third-order valence-corrected chi connectivity index (χ3v) is 7.71. The van der Waals surface area contributed by atoms with Gasteiger partial charge in [-0.25, -0.2) is 9.99 Å². The molecule has 1 N–H and O–H groups in total. The summed E-state index contributed by atoms with van der Waals surface area (Å²) < 4.78 is 5.30. The minimum absolute atomic E-state index is 0.0564. The number of aromatic nitrogens is 3. The molecule has 182 valence electrons. The summed E-state index contributed by atoms with van der Waals surface area (Å²) in [4.78, 5) is 17.9. The first-order valence-corrected chi connectivity index (χ1v) is 13.3. The van der Waals surface area contributed by atoms with Gasteiger partial charge in [-0.2, -0.15) is 5.10 Å². The number of hydrogen-bond acceptors (Lipinski definition) is 6. The fraction of sp³-hybridized carbons (Fsp3) is 0.407. The SMILES string of the molecule is COc1ccc(C2CC(c3ccccc3)=NN2C(=O)CSc2n[nH]c(CCC3CCCC3)n2)cc1. The molecular weight excluding hydrogens is 458 g/mol. The van der Waals surface area contributed by atoms with Crippen LogP contribution in [0.5, 0.6) is 5.75 Å². The Morgan fingerprint density at radius 2 is 1.89 bits per heavy atom. The molecule has 8 heteroatoms. The Hall–Kier alpha value is -3.13. The molecule has 0 saturated heterocycles. The molecule has 35 heavy (non-hydrogen) atoms. The van der Waals surface area contributed by atoms with Crippen molar-refractivity contribution in [3.8, 4) is 5.75 Å². The van der Waals surface area contributed by atoms with Crippen LogP contribution in [0, 0.1) is 5.92 Å². The van der Waals surface area contributed by atoms with E-state index in [2.05, 4.69) is 15.2 Å². The second-order valence-electron chi connectivity index (χ2n) is 9.19. The molecule has 1 saturated carbocycles. The average Bonchev–Trinajstić information content (AvgIpc) is 3.68. The number of aryl methyl sites for hydroxylation is 1. The number of carbonyl (C=O) groups is 1. The first kappa shape index (κ1) is 23.6. The molecule has 2 heterocycles. The van der Waals surface area contributed by atoms with Gasteiger partial charge in [0.15, 0.2) is 0 Å². The molecule has 7 nitrogen and oxygen atoms in total. The third kappa shape index (κ3) is 5.75. The fourth-order valence-electron chi connectivity index (χ4n) is 4.92. The lowest BCUT2D eigenvalue weighted by atomic mass is 9.98. The van der Waals surface area contributed by atoms with E-state index in [1.54, 1.807) is 12.1 Å². The second-order valence-corrected chi connectivity index (χ2v) is 10.1. The number of aromatic amines is 1. The number of nitrogens with one attached hydrogen (secondary N) is 1. The van der Waals surface area contributed by atoms with Crippen molar-refractivity contribution in [2.24, 2.45) is 11.0 Å². The standard InChI is InChI=1S/C27H31N5O2S/c1-34-22-14-12-21(13-15-22)24-17-23(20-9-3-2-4-10-20)31-32(24)26(33)18-35-27-28-25(29-30-27)16-11-19-7-5-6-8-19/h2-4,9-10,12-15,19,24H,5-8,11,16-18H2,1H3,(H,28,29,30). The van der Waals surface area contributed by atoms with Crippen LogP contribution in [0.25, 0.3) is 0 Å². The normalized spacial score (nSPS) is 18.1. The van der Waals surface area contributed by atoms with E-state index in [0.717, 1.165) is 47.2 Å². The van der Waals surface area contributed by atoms with Crippen LogP contribution in [-0.4, -0.2) is 44.7 Å². The number of thioether (sulfide) groups is 1. The summed E-state index contributed by atoms with van der Waals surface area (Å²) >= 11 is 1.36. The zero-order valence-corrected chi connectivity index (χ0v) is 20.8. The second kappa shape index (κ2) is 11.1. The Balaban J connectivity index is 1.26. The van der Waals surface area contributed by atoms with Gasteiger partial charge in [-0.05, 0) is 35.6 Å². The minimum Gasteiger partial charge on any atom is -0.497 e. The van der Waals surface area contributed by atoms with Crippen molar-refractivity contribution in [3.05, 3.63) is 71.5 Å². The lowest BCUT2D eigenvalue weighted by Gasteiger charge is -2.22. The van der Waals surface area contributed by atoms with Gasteiger partial charge in [-0.1, -0.05) is 79.9 Å². The number of methoxy groups -OCH3 is 1. The van der Waals surface area contributed by atoms with Crippen LogP contribution in [0.4, 0.5) is 0 Å². The van der Waals surface area contributed by atoms with E-state index in [1.165, 1.54) is 37.4 Å². The van der Waals surface area contributed by atoms with Gasteiger partial charge in [0.25, 0.3) is 5.91 Å². The Morgan fingerprint density at radius 1 is 1.11 bits per heavy atom. The van der Waals surface area contributed by atoms with Crippen LogP contribution in [0.3, 0.4) is 0 Å². The topological polar surface area (TPSA) is 83.5 Å². The smallest absolute Gasteiger partial charge is 0.253 e. The number of rotatable bonds is 9.